The van der Waals surface area contributed by atoms with Gasteiger partial charge in [-0.1, -0.05) is 42.5 Å². The summed E-state index contributed by atoms with van der Waals surface area (Å²) in [6.45, 7) is 0.519. The number of rotatable bonds is 3. The van der Waals surface area contributed by atoms with E-state index >= 15 is 0 Å². The molecule has 0 aliphatic rings. The van der Waals surface area contributed by atoms with Crippen LogP contribution in [0.3, 0.4) is 0 Å². The predicted octanol–water partition coefficient (Wildman–Crippen LogP) is 4.05. The maximum Gasteiger partial charge on any atom is 0.297 e. The number of furan rings is 1. The largest absolute Gasteiger partial charge is 0.449 e. The van der Waals surface area contributed by atoms with Crippen LogP contribution in [-0.4, -0.2) is 9.55 Å². The molecule has 23 heavy (non-hydrogen) atoms. The van der Waals surface area contributed by atoms with Crippen LogP contribution in [-0.2, 0) is 13.0 Å². The zero-order chi connectivity index (χ0) is 15.8. The van der Waals surface area contributed by atoms with Crippen molar-refractivity contribution in [3.8, 4) is 0 Å². The third-order valence-electron chi connectivity index (χ3n) is 3.98. The second-order valence-corrected chi connectivity index (χ2v) is 5.81. The molecule has 114 valence electrons. The van der Waals surface area contributed by atoms with Gasteiger partial charge >= 0.3 is 0 Å². The molecule has 5 heteroatoms. The molecule has 0 radical (unpaired) electrons. The van der Waals surface area contributed by atoms with Crippen molar-refractivity contribution >= 4 is 34.3 Å². The van der Waals surface area contributed by atoms with E-state index in [1.54, 1.807) is 4.57 Å². The summed E-state index contributed by atoms with van der Waals surface area (Å²) >= 11 is 5.38. The van der Waals surface area contributed by atoms with Gasteiger partial charge in [0.15, 0.2) is 4.77 Å². The Bertz CT molecular complexity index is 1110. The lowest BCUT2D eigenvalue weighted by molar-refractivity contribution is 0.614. The zero-order valence-electron chi connectivity index (χ0n) is 12.3. The molecule has 0 aliphatic heterocycles. The van der Waals surface area contributed by atoms with Gasteiger partial charge in [0.05, 0.1) is 0 Å². The predicted molar refractivity (Wildman–Crippen MR) is 93.3 cm³/mol. The van der Waals surface area contributed by atoms with E-state index in [0.717, 1.165) is 11.8 Å². The minimum Gasteiger partial charge on any atom is -0.449 e. The molecular weight excluding hydrogens is 308 g/mol. The second kappa shape index (κ2) is 5.52. The summed E-state index contributed by atoms with van der Waals surface area (Å²) in [4.78, 5) is 15.9. The molecule has 4 rings (SSSR count). The van der Waals surface area contributed by atoms with Gasteiger partial charge in [-0.3, -0.25) is 9.36 Å². The third kappa shape index (κ3) is 2.39. The molecule has 0 saturated heterocycles. The Labute approximate surface area is 137 Å². The van der Waals surface area contributed by atoms with E-state index in [4.69, 9.17) is 16.6 Å². The molecule has 0 bridgehead atoms. The number of nitrogens with zero attached hydrogens (tertiary/aromatic N) is 1. The highest BCUT2D eigenvalue weighted by Gasteiger charge is 2.13. The first kappa shape index (κ1) is 14.0. The van der Waals surface area contributed by atoms with Crippen molar-refractivity contribution in [2.45, 2.75) is 13.0 Å². The number of H-pyrrole nitrogens is 1. The lowest BCUT2D eigenvalue weighted by Crippen LogP contribution is -2.22. The summed E-state index contributed by atoms with van der Waals surface area (Å²) in [6.07, 6.45) is 0.740. The fourth-order valence-electron chi connectivity index (χ4n) is 2.80. The van der Waals surface area contributed by atoms with Crippen molar-refractivity contribution in [3.63, 3.8) is 0 Å². The van der Waals surface area contributed by atoms with Gasteiger partial charge in [0.1, 0.15) is 11.1 Å². The molecule has 0 spiro atoms. The first-order valence-corrected chi connectivity index (χ1v) is 7.83. The zero-order valence-corrected chi connectivity index (χ0v) is 13.1. The monoisotopic (exact) mass is 322 g/mol. The molecule has 2 heterocycles. The Hall–Kier alpha value is -2.66. The first-order valence-electron chi connectivity index (χ1n) is 7.42. The Morgan fingerprint density at radius 3 is 2.61 bits per heavy atom. The summed E-state index contributed by atoms with van der Waals surface area (Å²) in [5.74, 6) is 0. The third-order valence-corrected chi connectivity index (χ3v) is 4.30. The molecule has 0 aliphatic carbocycles. The normalized spacial score (nSPS) is 11.3. The van der Waals surface area contributed by atoms with Crippen molar-refractivity contribution in [3.05, 3.63) is 75.3 Å². The average molecular weight is 322 g/mol. The quantitative estimate of drug-likeness (QED) is 0.579. The summed E-state index contributed by atoms with van der Waals surface area (Å²) in [5.41, 5.74) is 2.67. The van der Waals surface area contributed by atoms with Gasteiger partial charge in [0.2, 0.25) is 5.58 Å². The van der Waals surface area contributed by atoms with E-state index in [9.17, 15) is 4.79 Å². The van der Waals surface area contributed by atoms with Crippen LogP contribution >= 0.6 is 12.2 Å². The molecule has 2 aromatic carbocycles. The van der Waals surface area contributed by atoms with Gasteiger partial charge in [0, 0.05) is 11.9 Å². The van der Waals surface area contributed by atoms with Gasteiger partial charge < -0.3 is 9.40 Å². The van der Waals surface area contributed by atoms with E-state index in [0.29, 0.717) is 28.0 Å². The first-order chi connectivity index (χ1) is 11.2. The van der Waals surface area contributed by atoms with Crippen LogP contribution in [0.1, 0.15) is 5.56 Å². The van der Waals surface area contributed by atoms with Gasteiger partial charge in [0.25, 0.3) is 5.56 Å². The van der Waals surface area contributed by atoms with Crippen LogP contribution in [0.5, 0.6) is 0 Å². The minimum atomic E-state index is -0.184. The van der Waals surface area contributed by atoms with Gasteiger partial charge in [-0.15, -0.1) is 0 Å². The van der Waals surface area contributed by atoms with Crippen molar-refractivity contribution in [2.24, 2.45) is 0 Å². The molecule has 0 saturated carbocycles. The number of aryl methyl sites for hydroxylation is 1. The second-order valence-electron chi connectivity index (χ2n) is 5.42. The Morgan fingerprint density at radius 2 is 1.78 bits per heavy atom. The highest BCUT2D eigenvalue weighted by Crippen LogP contribution is 2.24. The number of aromatic nitrogens is 2. The average Bonchev–Trinajstić information content (AvgIpc) is 2.95. The maximum atomic E-state index is 12.7. The number of aromatic amines is 1. The Balaban J connectivity index is 1.83. The van der Waals surface area contributed by atoms with Crippen molar-refractivity contribution in [1.29, 1.82) is 0 Å². The standard InChI is InChI=1S/C18H14N2O2S/c21-17-16-15(13-8-4-5-9-14(13)22-16)19-18(23)20(17)11-10-12-6-2-1-3-7-12/h1-9H,10-11H2,(H,19,23). The van der Waals surface area contributed by atoms with Crippen LogP contribution in [0.25, 0.3) is 22.1 Å². The fraction of sp³-hybridized carbons (Fsp3) is 0.111. The SMILES string of the molecule is O=c1c2oc3ccccc3c2[nH]c(=S)n1CCc1ccccc1. The highest BCUT2D eigenvalue weighted by atomic mass is 32.1. The number of para-hydroxylation sites is 1. The molecule has 4 aromatic rings. The summed E-state index contributed by atoms with van der Waals surface area (Å²) in [6, 6.07) is 17.6. The molecule has 0 unspecified atom stereocenters. The molecule has 2 aromatic heterocycles. The van der Waals surface area contributed by atoms with Crippen LogP contribution in [0, 0.1) is 4.77 Å². The van der Waals surface area contributed by atoms with Gasteiger partial charge in [-0.25, -0.2) is 0 Å². The van der Waals surface area contributed by atoms with Crippen molar-refractivity contribution < 1.29 is 4.42 Å². The fourth-order valence-corrected chi connectivity index (χ4v) is 3.07. The Kier molecular flexibility index (Phi) is 3.35. The summed E-state index contributed by atoms with van der Waals surface area (Å²) in [5, 5.41) is 0.876. The van der Waals surface area contributed by atoms with Gasteiger partial charge in [-0.2, -0.15) is 0 Å². The highest BCUT2D eigenvalue weighted by molar-refractivity contribution is 7.71. The lowest BCUT2D eigenvalue weighted by Gasteiger charge is -2.06. The lowest BCUT2D eigenvalue weighted by atomic mass is 10.1. The van der Waals surface area contributed by atoms with Crippen LogP contribution in [0.15, 0.2) is 63.8 Å². The van der Waals surface area contributed by atoms with E-state index in [2.05, 4.69) is 4.98 Å². The van der Waals surface area contributed by atoms with Crippen LogP contribution in [0.2, 0.25) is 0 Å². The maximum absolute atomic E-state index is 12.7. The smallest absolute Gasteiger partial charge is 0.297 e. The number of nitrogens with one attached hydrogen (secondary N) is 1. The Morgan fingerprint density at radius 1 is 1.04 bits per heavy atom. The van der Waals surface area contributed by atoms with E-state index < -0.39 is 0 Å². The number of fused-ring (bicyclic) bond motifs is 3. The van der Waals surface area contributed by atoms with Gasteiger partial charge in [-0.05, 0) is 36.3 Å². The minimum absolute atomic E-state index is 0.184. The number of benzene rings is 2. The molecule has 1 N–H and O–H groups in total. The van der Waals surface area contributed by atoms with E-state index in [1.807, 2.05) is 54.6 Å². The van der Waals surface area contributed by atoms with Crippen molar-refractivity contribution in [2.75, 3.05) is 0 Å². The number of hydrogen-bond acceptors (Lipinski definition) is 3. The summed E-state index contributed by atoms with van der Waals surface area (Å²) < 4.78 is 7.70. The summed E-state index contributed by atoms with van der Waals surface area (Å²) in [7, 11) is 0. The molecule has 4 nitrogen and oxygen atoms in total. The van der Waals surface area contributed by atoms with Crippen LogP contribution < -0.4 is 5.56 Å². The van der Waals surface area contributed by atoms with E-state index in [-0.39, 0.29) is 5.56 Å². The van der Waals surface area contributed by atoms with Crippen molar-refractivity contribution in [1.82, 2.24) is 9.55 Å². The molecule has 0 atom stereocenters. The number of hydrogen-bond donors (Lipinski definition) is 1. The topological polar surface area (TPSA) is 50.9 Å². The molecule has 0 amide bonds. The molecular formula is C18H14N2O2S. The van der Waals surface area contributed by atoms with Crippen LogP contribution in [0.4, 0.5) is 0 Å². The molecule has 0 fully saturated rings. The van der Waals surface area contributed by atoms with E-state index in [1.165, 1.54) is 5.56 Å².